The summed E-state index contributed by atoms with van der Waals surface area (Å²) in [6.45, 7) is -0.518. The van der Waals surface area contributed by atoms with E-state index in [1.165, 1.54) is 0 Å². The zero-order valence-corrected chi connectivity index (χ0v) is 16.2. The molecule has 0 bridgehead atoms. The molecule has 1 aliphatic rings. The molecule has 0 unspecified atom stereocenters. The summed E-state index contributed by atoms with van der Waals surface area (Å²) in [5.74, 6) is 0. The van der Waals surface area contributed by atoms with Gasteiger partial charge in [-0.1, -0.05) is 78.9 Å². The third-order valence-corrected chi connectivity index (χ3v) is 5.37. The molecule has 1 aliphatic heterocycles. The quantitative estimate of drug-likeness (QED) is 0.676. The van der Waals surface area contributed by atoms with E-state index in [0.717, 1.165) is 10.5 Å². The number of aliphatic hydroxyl groups is 2. The number of alkyl halides is 1. The predicted molar refractivity (Wildman–Crippen MR) is 111 cm³/mol. The Balaban J connectivity index is 1.65. The highest BCUT2D eigenvalue weighted by molar-refractivity contribution is 5.90. The molecule has 0 spiro atoms. The second kappa shape index (κ2) is 8.26. The Bertz CT molecular complexity index is 1010. The zero-order chi connectivity index (χ0) is 21.1. The molecule has 0 radical (unpaired) electrons. The van der Waals surface area contributed by atoms with Crippen LogP contribution in [0.1, 0.15) is 28.9 Å². The third kappa shape index (κ3) is 3.67. The number of anilines is 1. The largest absolute Gasteiger partial charge is 0.444 e. The van der Waals surface area contributed by atoms with Crippen LogP contribution in [-0.4, -0.2) is 28.5 Å². The van der Waals surface area contributed by atoms with Gasteiger partial charge in [-0.2, -0.15) is 0 Å². The molecule has 1 amide bonds. The molecule has 0 aliphatic carbocycles. The minimum atomic E-state index is -2.51. The average molecular weight is 407 g/mol. The Morgan fingerprint density at radius 3 is 2.33 bits per heavy atom. The molecule has 0 aromatic heterocycles. The summed E-state index contributed by atoms with van der Waals surface area (Å²) in [6.07, 6.45) is -3.99. The van der Waals surface area contributed by atoms with Crippen molar-refractivity contribution in [2.45, 2.75) is 24.5 Å². The van der Waals surface area contributed by atoms with E-state index in [2.05, 4.69) is 0 Å². The summed E-state index contributed by atoms with van der Waals surface area (Å²) in [5, 5.41) is 21.6. The Labute approximate surface area is 174 Å². The van der Waals surface area contributed by atoms with Crippen LogP contribution in [0.2, 0.25) is 0 Å². The summed E-state index contributed by atoms with van der Waals surface area (Å²) in [6, 6.07) is 23.9. The highest BCUT2D eigenvalue weighted by Crippen LogP contribution is 2.47. The first-order valence-electron chi connectivity index (χ1n) is 9.68. The highest BCUT2D eigenvalue weighted by Gasteiger charge is 2.53. The number of carbonyl (C=O) groups excluding carboxylic acids is 1. The lowest BCUT2D eigenvalue weighted by Gasteiger charge is -2.43. The fraction of sp³-hybridized carbons (Fsp3) is 0.208. The first-order valence-corrected chi connectivity index (χ1v) is 9.68. The number of ether oxygens (including phenoxy) is 1. The number of nitrogens with zero attached hydrogens (tertiary/aromatic N) is 1. The molecule has 4 rings (SSSR count). The van der Waals surface area contributed by atoms with Crippen molar-refractivity contribution in [1.82, 2.24) is 0 Å². The number of hydrogen-bond acceptors (Lipinski definition) is 4. The van der Waals surface area contributed by atoms with Crippen molar-refractivity contribution in [3.63, 3.8) is 0 Å². The number of benzene rings is 3. The summed E-state index contributed by atoms with van der Waals surface area (Å²) in [4.78, 5) is 14.0. The van der Waals surface area contributed by atoms with Gasteiger partial charge in [-0.05, 0) is 17.2 Å². The van der Waals surface area contributed by atoms with Crippen LogP contribution in [0.5, 0.6) is 0 Å². The number of para-hydroxylation sites is 1. The van der Waals surface area contributed by atoms with Crippen molar-refractivity contribution in [3.8, 4) is 0 Å². The van der Waals surface area contributed by atoms with Crippen LogP contribution in [-0.2, 0) is 11.3 Å². The molecular weight excluding hydrogens is 385 g/mol. The van der Waals surface area contributed by atoms with Crippen LogP contribution in [0.3, 0.4) is 0 Å². The lowest BCUT2D eigenvalue weighted by molar-refractivity contribution is -0.0952. The molecule has 30 heavy (non-hydrogen) atoms. The molecular formula is C24H22FNO4. The Hall–Kier alpha value is -3.22. The fourth-order valence-electron chi connectivity index (χ4n) is 3.75. The monoisotopic (exact) mass is 407 g/mol. The predicted octanol–water partition coefficient (Wildman–Crippen LogP) is 4.32. The number of amides is 1. The molecule has 0 fully saturated rings. The van der Waals surface area contributed by atoms with E-state index in [4.69, 9.17) is 4.74 Å². The highest BCUT2D eigenvalue weighted by atomic mass is 19.1. The minimum Gasteiger partial charge on any atom is -0.444 e. The topological polar surface area (TPSA) is 70.0 Å². The molecule has 0 saturated heterocycles. The molecule has 6 heteroatoms. The van der Waals surface area contributed by atoms with Gasteiger partial charge in [0.1, 0.15) is 18.8 Å². The Morgan fingerprint density at radius 2 is 1.63 bits per heavy atom. The van der Waals surface area contributed by atoms with Gasteiger partial charge in [0.05, 0.1) is 12.2 Å². The molecule has 3 aromatic carbocycles. The van der Waals surface area contributed by atoms with Gasteiger partial charge in [0.25, 0.3) is 0 Å². The standard InChI is InChI=1S/C24H22FNO4/c25-24(21(27)18-11-5-2-6-12-18)16-26(20-14-8-7-13-19(20)22(24)28)23(29)30-15-17-9-3-1-4-10-17/h1-14,21-22,27-28H,15-16H2/t21-,22-,24-/m0/s1. The second-order valence-electron chi connectivity index (χ2n) is 7.33. The first-order chi connectivity index (χ1) is 14.5. The SMILES string of the molecule is O=C(OCc1ccccc1)N1C[C@](F)([C@@H](O)c2ccccc2)[C@@H](O)c2ccccc21. The maximum absolute atomic E-state index is 16.1. The van der Waals surface area contributed by atoms with Crippen LogP contribution in [0.15, 0.2) is 84.9 Å². The lowest BCUT2D eigenvalue weighted by atomic mass is 9.80. The summed E-state index contributed by atoms with van der Waals surface area (Å²) < 4.78 is 21.5. The molecule has 154 valence electrons. The van der Waals surface area contributed by atoms with Crippen LogP contribution < -0.4 is 4.90 Å². The van der Waals surface area contributed by atoms with Gasteiger partial charge >= 0.3 is 6.09 Å². The van der Waals surface area contributed by atoms with Crippen LogP contribution >= 0.6 is 0 Å². The van der Waals surface area contributed by atoms with E-state index in [1.807, 2.05) is 30.3 Å². The second-order valence-corrected chi connectivity index (χ2v) is 7.33. The van der Waals surface area contributed by atoms with Crippen molar-refractivity contribution in [1.29, 1.82) is 0 Å². The van der Waals surface area contributed by atoms with Crippen LogP contribution in [0, 0.1) is 0 Å². The average Bonchev–Trinajstić information content (AvgIpc) is 2.80. The maximum atomic E-state index is 16.1. The minimum absolute atomic E-state index is 0.0292. The van der Waals surface area contributed by atoms with Crippen molar-refractivity contribution in [2.24, 2.45) is 0 Å². The summed E-state index contributed by atoms with van der Waals surface area (Å²) in [5.41, 5.74) is -0.820. The Kier molecular flexibility index (Phi) is 5.53. The molecule has 3 aromatic rings. The zero-order valence-electron chi connectivity index (χ0n) is 16.2. The summed E-state index contributed by atoms with van der Waals surface area (Å²) >= 11 is 0. The third-order valence-electron chi connectivity index (χ3n) is 5.37. The van der Waals surface area contributed by atoms with Gasteiger partial charge in [-0.25, -0.2) is 9.18 Å². The van der Waals surface area contributed by atoms with Crippen LogP contribution in [0.4, 0.5) is 14.9 Å². The normalized spacial score (nSPS) is 21.6. The molecule has 3 atom stereocenters. The van der Waals surface area contributed by atoms with E-state index < -0.39 is 30.5 Å². The first kappa shape index (κ1) is 20.1. The summed E-state index contributed by atoms with van der Waals surface area (Å²) in [7, 11) is 0. The molecule has 2 N–H and O–H groups in total. The molecule has 0 saturated carbocycles. The van der Waals surface area contributed by atoms with Gasteiger partial charge < -0.3 is 14.9 Å². The van der Waals surface area contributed by atoms with Gasteiger partial charge in [0, 0.05) is 5.56 Å². The number of halogens is 1. The fourth-order valence-corrected chi connectivity index (χ4v) is 3.75. The van der Waals surface area contributed by atoms with Crippen molar-refractivity contribution in [2.75, 3.05) is 11.4 Å². The van der Waals surface area contributed by atoms with Crippen molar-refractivity contribution in [3.05, 3.63) is 102 Å². The van der Waals surface area contributed by atoms with E-state index in [0.29, 0.717) is 11.3 Å². The molecule has 1 heterocycles. The Morgan fingerprint density at radius 1 is 1.03 bits per heavy atom. The lowest BCUT2D eigenvalue weighted by Crippen LogP contribution is -2.54. The van der Waals surface area contributed by atoms with Gasteiger partial charge in [-0.3, -0.25) is 4.90 Å². The number of fused-ring (bicyclic) bond motifs is 1. The number of rotatable bonds is 4. The van der Waals surface area contributed by atoms with Gasteiger partial charge in [0.15, 0.2) is 5.67 Å². The number of hydrogen-bond donors (Lipinski definition) is 2. The van der Waals surface area contributed by atoms with E-state index in [9.17, 15) is 15.0 Å². The van der Waals surface area contributed by atoms with E-state index in [-0.39, 0.29) is 12.2 Å². The van der Waals surface area contributed by atoms with Gasteiger partial charge in [0.2, 0.25) is 0 Å². The van der Waals surface area contributed by atoms with E-state index in [1.54, 1.807) is 54.6 Å². The van der Waals surface area contributed by atoms with Gasteiger partial charge in [-0.15, -0.1) is 0 Å². The van der Waals surface area contributed by atoms with E-state index >= 15 is 4.39 Å². The van der Waals surface area contributed by atoms with Crippen LogP contribution in [0.25, 0.3) is 0 Å². The maximum Gasteiger partial charge on any atom is 0.414 e. The smallest absolute Gasteiger partial charge is 0.414 e. The molecule has 5 nitrogen and oxygen atoms in total. The van der Waals surface area contributed by atoms with Crippen molar-refractivity contribution >= 4 is 11.8 Å². The van der Waals surface area contributed by atoms with Crippen molar-refractivity contribution < 1.29 is 24.1 Å². The number of aliphatic hydroxyl groups excluding tert-OH is 2. The number of carbonyl (C=O) groups is 1.